The summed E-state index contributed by atoms with van der Waals surface area (Å²) in [5.41, 5.74) is 7.65. The van der Waals surface area contributed by atoms with Crippen molar-refractivity contribution in [3.63, 3.8) is 0 Å². The number of likely N-dealkylation sites (tertiary alicyclic amines) is 1. The molecule has 0 aliphatic carbocycles. The molecule has 1 aromatic carbocycles. The average molecular weight is 425 g/mol. The fourth-order valence-electron chi connectivity index (χ4n) is 3.65. The third kappa shape index (κ3) is 3.59. The lowest BCUT2D eigenvalue weighted by atomic mass is 10.1. The summed E-state index contributed by atoms with van der Waals surface area (Å²) in [4.78, 5) is 16.7. The molecule has 5 nitrogen and oxygen atoms in total. The van der Waals surface area contributed by atoms with E-state index in [-0.39, 0.29) is 24.4 Å². The van der Waals surface area contributed by atoms with E-state index in [4.69, 9.17) is 17.3 Å². The van der Waals surface area contributed by atoms with Gasteiger partial charge in [-0.2, -0.15) is 5.10 Å². The normalized spacial score (nSPS) is 19.5. The number of thiophene rings is 1. The standard InChI is InChI=1S/C19H21ClN4OS.ClH/c1-11-7-13(9-21)10-23(11)18(25)17-8-16-12(2)22-24(19(16)26-17)15-5-3-14(20)4-6-15;/h3-6,8,11,13H,7,9-10,21H2,1-2H3;1H. The van der Waals surface area contributed by atoms with Crippen LogP contribution in [0.15, 0.2) is 30.3 Å². The van der Waals surface area contributed by atoms with Gasteiger partial charge in [-0.15, -0.1) is 23.7 Å². The summed E-state index contributed by atoms with van der Waals surface area (Å²) in [6.07, 6.45) is 0.977. The van der Waals surface area contributed by atoms with E-state index in [1.807, 2.05) is 46.8 Å². The number of rotatable bonds is 3. The highest BCUT2D eigenvalue weighted by Gasteiger charge is 2.33. The predicted octanol–water partition coefficient (Wildman–Crippen LogP) is 4.28. The lowest BCUT2D eigenvalue weighted by molar-refractivity contribution is 0.0748. The van der Waals surface area contributed by atoms with Crippen LogP contribution in [0.3, 0.4) is 0 Å². The fourth-order valence-corrected chi connectivity index (χ4v) is 4.91. The summed E-state index contributed by atoms with van der Waals surface area (Å²) in [5.74, 6) is 0.492. The molecule has 1 saturated heterocycles. The molecule has 0 bridgehead atoms. The summed E-state index contributed by atoms with van der Waals surface area (Å²) in [6, 6.07) is 9.76. The van der Waals surface area contributed by atoms with Crippen LogP contribution in [0, 0.1) is 12.8 Å². The molecule has 1 amide bonds. The van der Waals surface area contributed by atoms with Gasteiger partial charge in [-0.05, 0) is 63.1 Å². The van der Waals surface area contributed by atoms with Gasteiger partial charge in [-0.3, -0.25) is 4.79 Å². The number of aromatic nitrogens is 2. The minimum atomic E-state index is 0. The van der Waals surface area contributed by atoms with Crippen molar-refractivity contribution in [2.75, 3.05) is 13.1 Å². The van der Waals surface area contributed by atoms with Gasteiger partial charge < -0.3 is 10.6 Å². The molecule has 1 aliphatic heterocycles. The molecule has 2 unspecified atom stereocenters. The van der Waals surface area contributed by atoms with Crippen LogP contribution >= 0.6 is 35.3 Å². The zero-order valence-corrected chi connectivity index (χ0v) is 17.6. The Morgan fingerprint density at radius 3 is 2.70 bits per heavy atom. The van der Waals surface area contributed by atoms with Gasteiger partial charge in [0.2, 0.25) is 0 Å². The molecule has 0 radical (unpaired) electrons. The number of hydrogen-bond donors (Lipinski definition) is 1. The van der Waals surface area contributed by atoms with Crippen LogP contribution in [0.1, 0.15) is 28.7 Å². The quantitative estimate of drug-likeness (QED) is 0.681. The average Bonchev–Trinajstić information content (AvgIpc) is 3.30. The van der Waals surface area contributed by atoms with Crippen LogP contribution < -0.4 is 5.73 Å². The molecule has 8 heteroatoms. The summed E-state index contributed by atoms with van der Waals surface area (Å²) in [6.45, 7) is 5.44. The van der Waals surface area contributed by atoms with Crippen molar-refractivity contribution in [1.29, 1.82) is 0 Å². The number of amides is 1. The molecule has 144 valence electrons. The third-order valence-electron chi connectivity index (χ3n) is 5.08. The van der Waals surface area contributed by atoms with Crippen molar-refractivity contribution in [3.05, 3.63) is 45.9 Å². The molecule has 2 aromatic heterocycles. The number of carbonyl (C=O) groups is 1. The Morgan fingerprint density at radius 1 is 1.37 bits per heavy atom. The van der Waals surface area contributed by atoms with Crippen molar-refractivity contribution in [2.24, 2.45) is 11.7 Å². The van der Waals surface area contributed by atoms with Crippen LogP contribution in [-0.2, 0) is 0 Å². The molecule has 3 heterocycles. The van der Waals surface area contributed by atoms with Crippen LogP contribution in [0.2, 0.25) is 5.02 Å². The van der Waals surface area contributed by atoms with E-state index in [1.165, 1.54) is 11.3 Å². The Balaban J connectivity index is 0.00000210. The van der Waals surface area contributed by atoms with Gasteiger partial charge in [0.15, 0.2) is 0 Å². The van der Waals surface area contributed by atoms with Gasteiger partial charge in [0, 0.05) is 23.0 Å². The van der Waals surface area contributed by atoms with Gasteiger partial charge in [0.05, 0.1) is 16.3 Å². The Hall–Kier alpha value is -1.60. The van der Waals surface area contributed by atoms with Gasteiger partial charge in [-0.1, -0.05) is 11.6 Å². The topological polar surface area (TPSA) is 64.2 Å². The predicted molar refractivity (Wildman–Crippen MR) is 114 cm³/mol. The molecule has 3 aromatic rings. The van der Waals surface area contributed by atoms with Gasteiger partial charge in [0.25, 0.3) is 5.91 Å². The number of carbonyl (C=O) groups excluding carboxylic acids is 1. The van der Waals surface area contributed by atoms with Crippen LogP contribution in [0.5, 0.6) is 0 Å². The Labute approximate surface area is 173 Å². The second-order valence-corrected chi connectivity index (χ2v) is 8.41. The fraction of sp³-hybridized carbons (Fsp3) is 0.368. The summed E-state index contributed by atoms with van der Waals surface area (Å²) >= 11 is 7.49. The van der Waals surface area contributed by atoms with E-state index in [0.717, 1.165) is 39.4 Å². The van der Waals surface area contributed by atoms with Crippen molar-refractivity contribution in [2.45, 2.75) is 26.3 Å². The van der Waals surface area contributed by atoms with Crippen LogP contribution in [-0.4, -0.2) is 39.7 Å². The molecule has 4 rings (SSSR count). The van der Waals surface area contributed by atoms with Gasteiger partial charge >= 0.3 is 0 Å². The maximum absolute atomic E-state index is 13.0. The lowest BCUT2D eigenvalue weighted by Gasteiger charge is -2.20. The molecule has 1 fully saturated rings. The van der Waals surface area contributed by atoms with Gasteiger partial charge in [-0.25, -0.2) is 4.68 Å². The van der Waals surface area contributed by atoms with Gasteiger partial charge in [0.1, 0.15) is 4.83 Å². The summed E-state index contributed by atoms with van der Waals surface area (Å²) in [5, 5.41) is 6.34. The molecule has 2 atom stereocenters. The zero-order chi connectivity index (χ0) is 18.4. The number of nitrogens with zero attached hydrogens (tertiary/aromatic N) is 3. The van der Waals surface area contributed by atoms with Crippen molar-refractivity contribution in [3.8, 4) is 5.69 Å². The molecule has 1 aliphatic rings. The number of aryl methyl sites for hydroxylation is 1. The van der Waals surface area contributed by atoms with E-state index in [2.05, 4.69) is 12.0 Å². The summed E-state index contributed by atoms with van der Waals surface area (Å²) in [7, 11) is 0. The maximum Gasteiger partial charge on any atom is 0.264 e. The molecule has 0 spiro atoms. The maximum atomic E-state index is 13.0. The number of fused-ring (bicyclic) bond motifs is 1. The Bertz CT molecular complexity index is 966. The molecule has 27 heavy (non-hydrogen) atoms. The van der Waals surface area contributed by atoms with Crippen LogP contribution in [0.25, 0.3) is 15.9 Å². The Morgan fingerprint density at radius 2 is 2.07 bits per heavy atom. The van der Waals surface area contributed by atoms with E-state index < -0.39 is 0 Å². The highest BCUT2D eigenvalue weighted by molar-refractivity contribution is 7.20. The first kappa shape index (κ1) is 20.1. The number of hydrogen-bond acceptors (Lipinski definition) is 4. The van der Waals surface area contributed by atoms with E-state index in [9.17, 15) is 4.79 Å². The van der Waals surface area contributed by atoms with Crippen LogP contribution in [0.4, 0.5) is 0 Å². The SMILES string of the molecule is Cc1nn(-c2ccc(Cl)cc2)c2sc(C(=O)N3CC(CN)CC3C)cc12.Cl. The Kier molecular flexibility index (Phi) is 5.82. The zero-order valence-electron chi connectivity index (χ0n) is 15.2. The lowest BCUT2D eigenvalue weighted by Crippen LogP contribution is -2.33. The third-order valence-corrected chi connectivity index (χ3v) is 6.43. The molecule has 2 N–H and O–H groups in total. The first-order chi connectivity index (χ1) is 12.5. The summed E-state index contributed by atoms with van der Waals surface area (Å²) < 4.78 is 1.89. The number of benzene rings is 1. The second kappa shape index (κ2) is 7.80. The number of nitrogens with two attached hydrogens (primary N) is 1. The number of halogens is 2. The van der Waals surface area contributed by atoms with E-state index in [1.54, 1.807) is 0 Å². The second-order valence-electron chi connectivity index (χ2n) is 6.95. The minimum absolute atomic E-state index is 0. The molecular weight excluding hydrogens is 403 g/mol. The highest BCUT2D eigenvalue weighted by Crippen LogP contribution is 2.33. The van der Waals surface area contributed by atoms with Crippen molar-refractivity contribution in [1.82, 2.24) is 14.7 Å². The van der Waals surface area contributed by atoms with Crippen molar-refractivity contribution < 1.29 is 4.79 Å². The largest absolute Gasteiger partial charge is 0.335 e. The van der Waals surface area contributed by atoms with E-state index >= 15 is 0 Å². The van der Waals surface area contributed by atoms with E-state index in [0.29, 0.717) is 17.5 Å². The monoisotopic (exact) mass is 424 g/mol. The highest BCUT2D eigenvalue weighted by atomic mass is 35.5. The molecule has 0 saturated carbocycles. The minimum Gasteiger partial charge on any atom is -0.335 e. The van der Waals surface area contributed by atoms with Crippen molar-refractivity contribution >= 4 is 51.5 Å². The molecular formula is C19H22Cl2N4OS. The first-order valence-corrected chi connectivity index (χ1v) is 9.93. The smallest absolute Gasteiger partial charge is 0.264 e. The first-order valence-electron chi connectivity index (χ1n) is 8.74.